The van der Waals surface area contributed by atoms with Gasteiger partial charge >= 0.3 is 5.97 Å². The van der Waals surface area contributed by atoms with Crippen LogP contribution in [0.25, 0.3) is 0 Å². The minimum Gasteiger partial charge on any atom is -0.418 e. The molecule has 0 bridgehead atoms. The maximum absolute atomic E-state index is 13.0. The predicted molar refractivity (Wildman–Crippen MR) is 102 cm³/mol. The van der Waals surface area contributed by atoms with E-state index in [-0.39, 0.29) is 16.9 Å². The molecule has 0 heterocycles. The van der Waals surface area contributed by atoms with Crippen molar-refractivity contribution in [1.29, 1.82) is 0 Å². The van der Waals surface area contributed by atoms with Crippen LogP contribution >= 0.6 is 0 Å². The van der Waals surface area contributed by atoms with Gasteiger partial charge in [0.2, 0.25) is 0 Å². The summed E-state index contributed by atoms with van der Waals surface area (Å²) in [6.07, 6.45) is 0. The molecule has 1 N–H and O–H groups in total. The highest BCUT2D eigenvalue weighted by molar-refractivity contribution is 6.13. The van der Waals surface area contributed by atoms with Crippen LogP contribution in [0.1, 0.15) is 48.5 Å². The lowest BCUT2D eigenvalue weighted by Gasteiger charge is -2.36. The minimum atomic E-state index is -1.94. The zero-order valence-electron chi connectivity index (χ0n) is 15.4. The summed E-state index contributed by atoms with van der Waals surface area (Å²) < 4.78 is 5.77. The van der Waals surface area contributed by atoms with E-state index >= 15 is 0 Å². The number of hydrogen-bond donors (Lipinski definition) is 1. The molecule has 1 unspecified atom stereocenters. The number of esters is 1. The Bertz CT molecular complexity index is 1100. The van der Waals surface area contributed by atoms with Crippen molar-refractivity contribution >= 4 is 11.8 Å². The van der Waals surface area contributed by atoms with Gasteiger partial charge in [-0.05, 0) is 31.5 Å². The number of rotatable bonds is 3. The number of benzene rings is 3. The van der Waals surface area contributed by atoms with E-state index in [9.17, 15) is 14.8 Å². The quantitative estimate of drug-likeness (QED) is 0.318. The van der Waals surface area contributed by atoms with Gasteiger partial charge in [-0.25, -0.2) is 10.1 Å². The van der Waals surface area contributed by atoms with Crippen molar-refractivity contribution in [3.05, 3.63) is 106 Å². The Morgan fingerprint density at radius 3 is 2.32 bits per heavy atom. The summed E-state index contributed by atoms with van der Waals surface area (Å²) in [6, 6.07) is 18.7. The first-order valence-corrected chi connectivity index (χ1v) is 8.85. The smallest absolute Gasteiger partial charge is 0.341 e. The van der Waals surface area contributed by atoms with Gasteiger partial charge in [0, 0.05) is 22.3 Å². The molecular weight excluding hydrogens is 356 g/mol. The van der Waals surface area contributed by atoms with Crippen molar-refractivity contribution in [3.8, 4) is 0 Å². The predicted octanol–water partition coefficient (Wildman–Crippen LogP) is 4.40. The van der Waals surface area contributed by atoms with Crippen LogP contribution in [0, 0.1) is 13.8 Å². The monoisotopic (exact) mass is 374 g/mol. The molecule has 0 radical (unpaired) electrons. The molecule has 3 aromatic carbocycles. The number of carbonyl (C=O) groups is 2. The summed E-state index contributed by atoms with van der Waals surface area (Å²) >= 11 is 0. The molecule has 0 fully saturated rings. The van der Waals surface area contributed by atoms with Gasteiger partial charge in [0.15, 0.2) is 5.78 Å². The van der Waals surface area contributed by atoms with Gasteiger partial charge in [-0.2, -0.15) is 4.89 Å². The highest BCUT2D eigenvalue weighted by atomic mass is 17.1. The van der Waals surface area contributed by atoms with Crippen molar-refractivity contribution in [1.82, 2.24) is 0 Å². The third kappa shape index (κ3) is 2.64. The topological polar surface area (TPSA) is 72.8 Å². The number of ketones is 1. The van der Waals surface area contributed by atoms with E-state index in [1.165, 1.54) is 0 Å². The number of aryl methyl sites for hydroxylation is 2. The van der Waals surface area contributed by atoms with Gasteiger partial charge in [-0.3, -0.25) is 4.79 Å². The van der Waals surface area contributed by atoms with Crippen LogP contribution in [-0.2, 0) is 15.4 Å². The maximum Gasteiger partial charge on any atom is 0.341 e. The fourth-order valence-corrected chi connectivity index (χ4v) is 3.61. The van der Waals surface area contributed by atoms with E-state index in [0.717, 1.165) is 11.1 Å². The molecule has 1 aliphatic carbocycles. The third-order valence-electron chi connectivity index (χ3n) is 5.03. The second-order valence-electron chi connectivity index (χ2n) is 6.84. The summed E-state index contributed by atoms with van der Waals surface area (Å²) in [4.78, 5) is 30.8. The molecule has 0 saturated heterocycles. The molecule has 5 heteroatoms. The van der Waals surface area contributed by atoms with E-state index in [4.69, 9.17) is 9.62 Å². The van der Waals surface area contributed by atoms with E-state index in [1.807, 2.05) is 13.0 Å². The van der Waals surface area contributed by atoms with E-state index < -0.39 is 11.8 Å². The second-order valence-corrected chi connectivity index (χ2v) is 6.84. The van der Waals surface area contributed by atoms with Gasteiger partial charge < -0.3 is 4.74 Å². The molecule has 1 atom stereocenters. The summed E-state index contributed by atoms with van der Waals surface area (Å²) in [5.74, 6) is -2.82. The summed E-state index contributed by atoms with van der Waals surface area (Å²) in [5, 5.41) is 9.97. The highest BCUT2D eigenvalue weighted by Gasteiger charge is 2.49. The van der Waals surface area contributed by atoms with Crippen LogP contribution in [0.5, 0.6) is 0 Å². The van der Waals surface area contributed by atoms with Crippen molar-refractivity contribution in [3.63, 3.8) is 0 Å². The molecule has 4 rings (SSSR count). The highest BCUT2D eigenvalue weighted by Crippen LogP contribution is 2.44. The normalized spacial score (nSPS) is 17.6. The van der Waals surface area contributed by atoms with E-state index in [2.05, 4.69) is 0 Å². The van der Waals surface area contributed by atoms with Gasteiger partial charge in [0.1, 0.15) is 0 Å². The first kappa shape index (κ1) is 18.1. The Kier molecular flexibility index (Phi) is 4.34. The number of ether oxygens (including phenoxy) is 1. The SMILES string of the molecule is Cc1ccc2c(c1)C(=O)c1ccccc1C2(OO)OC(=O)c1ccccc1C. The van der Waals surface area contributed by atoms with Crippen molar-refractivity contribution in [2.24, 2.45) is 0 Å². The van der Waals surface area contributed by atoms with Crippen LogP contribution < -0.4 is 0 Å². The molecule has 3 aromatic rings. The van der Waals surface area contributed by atoms with Gasteiger partial charge in [-0.15, -0.1) is 0 Å². The van der Waals surface area contributed by atoms with E-state index in [0.29, 0.717) is 16.7 Å². The Labute approximate surface area is 162 Å². The van der Waals surface area contributed by atoms with Crippen LogP contribution in [0.2, 0.25) is 0 Å². The van der Waals surface area contributed by atoms with Crippen molar-refractivity contribution < 1.29 is 24.5 Å². The Morgan fingerprint density at radius 1 is 0.893 bits per heavy atom. The molecule has 28 heavy (non-hydrogen) atoms. The lowest BCUT2D eigenvalue weighted by molar-refractivity contribution is -0.380. The molecule has 0 saturated carbocycles. The standard InChI is InChI=1S/C23H18O5/c1-14-11-12-20-18(13-14)21(24)17-9-5-6-10-19(17)23(20,28-26)27-22(25)16-8-4-3-7-15(16)2/h3-13,26H,1-2H3. The lowest BCUT2D eigenvalue weighted by Crippen LogP contribution is -2.42. The summed E-state index contributed by atoms with van der Waals surface area (Å²) in [5.41, 5.74) is 3.14. The lowest BCUT2D eigenvalue weighted by atomic mass is 9.80. The molecule has 0 spiro atoms. The van der Waals surface area contributed by atoms with Gasteiger partial charge in [-0.1, -0.05) is 60.2 Å². The van der Waals surface area contributed by atoms with Crippen molar-refractivity contribution in [2.45, 2.75) is 19.6 Å². The zero-order valence-corrected chi connectivity index (χ0v) is 15.4. The summed E-state index contributed by atoms with van der Waals surface area (Å²) in [7, 11) is 0. The molecule has 0 amide bonds. The Balaban J connectivity index is 1.93. The van der Waals surface area contributed by atoms with E-state index in [1.54, 1.807) is 67.6 Å². The van der Waals surface area contributed by atoms with Gasteiger partial charge in [0.05, 0.1) is 5.56 Å². The second kappa shape index (κ2) is 6.71. The minimum absolute atomic E-state index is 0.214. The fraction of sp³-hybridized carbons (Fsp3) is 0.130. The summed E-state index contributed by atoms with van der Waals surface area (Å²) in [6.45, 7) is 3.65. The zero-order chi connectivity index (χ0) is 19.9. The largest absolute Gasteiger partial charge is 0.418 e. The molecule has 5 nitrogen and oxygen atoms in total. The number of carbonyl (C=O) groups excluding carboxylic acids is 2. The maximum atomic E-state index is 13.0. The molecule has 0 aliphatic heterocycles. The van der Waals surface area contributed by atoms with Crippen LogP contribution in [0.3, 0.4) is 0 Å². The molecule has 1 aliphatic rings. The van der Waals surface area contributed by atoms with Gasteiger partial charge in [0.25, 0.3) is 5.79 Å². The fourth-order valence-electron chi connectivity index (χ4n) is 3.61. The number of fused-ring (bicyclic) bond motifs is 2. The number of hydrogen-bond acceptors (Lipinski definition) is 5. The molecule has 140 valence electrons. The average molecular weight is 374 g/mol. The first-order valence-electron chi connectivity index (χ1n) is 8.85. The Hall–Kier alpha value is -3.28. The van der Waals surface area contributed by atoms with Crippen LogP contribution in [-0.4, -0.2) is 17.0 Å². The molecular formula is C23H18O5. The van der Waals surface area contributed by atoms with Crippen LogP contribution in [0.15, 0.2) is 66.7 Å². The molecule has 0 aromatic heterocycles. The van der Waals surface area contributed by atoms with Crippen molar-refractivity contribution in [2.75, 3.05) is 0 Å². The van der Waals surface area contributed by atoms with Crippen LogP contribution in [0.4, 0.5) is 0 Å². The first-order chi connectivity index (χ1) is 13.5. The average Bonchev–Trinajstić information content (AvgIpc) is 2.71. The third-order valence-corrected chi connectivity index (χ3v) is 5.03. The Morgan fingerprint density at radius 2 is 1.57 bits per heavy atom.